The molecule has 2 atom stereocenters. The Morgan fingerprint density at radius 1 is 1.56 bits per heavy atom. The summed E-state index contributed by atoms with van der Waals surface area (Å²) in [6.45, 7) is 4.10. The number of carbonyl (C=O) groups is 1. The molecular weight excluding hydrogens is 246 g/mol. The van der Waals surface area contributed by atoms with Crippen LogP contribution in [0.3, 0.4) is 0 Å². The van der Waals surface area contributed by atoms with E-state index >= 15 is 0 Å². The van der Waals surface area contributed by atoms with Gasteiger partial charge in [-0.25, -0.2) is 0 Å². The van der Waals surface area contributed by atoms with E-state index in [1.165, 1.54) is 30.4 Å². The van der Waals surface area contributed by atoms with E-state index in [2.05, 4.69) is 16.8 Å². The fraction of sp³-hybridized carbons (Fsp3) is 0.643. The van der Waals surface area contributed by atoms with Crippen LogP contribution in [0.25, 0.3) is 0 Å². The molecule has 0 bridgehead atoms. The molecule has 3 nitrogen and oxygen atoms in total. The van der Waals surface area contributed by atoms with Crippen molar-refractivity contribution in [1.82, 2.24) is 5.32 Å². The molecule has 0 aliphatic heterocycles. The standard InChI is InChI=1S/C14H21NO2S/c1-9(2)13(14(16)17-3)15-11-5-4-6-12-10(11)7-8-18-12/h7-9,11,13,15H,4-6H2,1-3H3. The third-order valence-corrected chi connectivity index (χ3v) is 4.55. The Bertz CT molecular complexity index is 414. The van der Waals surface area contributed by atoms with Gasteiger partial charge in [-0.05, 0) is 42.2 Å². The average Bonchev–Trinajstić information content (AvgIpc) is 2.83. The number of carbonyl (C=O) groups excluding carboxylic acids is 1. The van der Waals surface area contributed by atoms with Gasteiger partial charge in [0.1, 0.15) is 6.04 Å². The average molecular weight is 267 g/mol. The Hall–Kier alpha value is -0.870. The Labute approximate surface area is 113 Å². The number of hydrogen-bond acceptors (Lipinski definition) is 4. The molecule has 0 radical (unpaired) electrons. The van der Waals surface area contributed by atoms with Crippen molar-refractivity contribution in [3.63, 3.8) is 0 Å². The lowest BCUT2D eigenvalue weighted by molar-refractivity contribution is -0.144. The van der Waals surface area contributed by atoms with Gasteiger partial charge in [0.05, 0.1) is 7.11 Å². The van der Waals surface area contributed by atoms with Gasteiger partial charge in [0, 0.05) is 10.9 Å². The van der Waals surface area contributed by atoms with Crippen molar-refractivity contribution in [2.24, 2.45) is 5.92 Å². The maximum atomic E-state index is 11.8. The van der Waals surface area contributed by atoms with Crippen molar-refractivity contribution in [2.75, 3.05) is 7.11 Å². The Kier molecular flexibility index (Phi) is 4.40. The number of esters is 1. The van der Waals surface area contributed by atoms with E-state index in [9.17, 15) is 4.79 Å². The highest BCUT2D eigenvalue weighted by atomic mass is 32.1. The number of thiophene rings is 1. The molecule has 0 saturated heterocycles. The summed E-state index contributed by atoms with van der Waals surface area (Å²) in [6.07, 6.45) is 3.47. The maximum absolute atomic E-state index is 11.8. The van der Waals surface area contributed by atoms with E-state index in [0.717, 1.165) is 6.42 Å². The largest absolute Gasteiger partial charge is 0.468 e. The van der Waals surface area contributed by atoms with E-state index in [0.29, 0.717) is 6.04 Å². The van der Waals surface area contributed by atoms with Crippen molar-refractivity contribution in [3.05, 3.63) is 21.9 Å². The van der Waals surface area contributed by atoms with Crippen LogP contribution in [0.4, 0.5) is 0 Å². The van der Waals surface area contributed by atoms with Gasteiger partial charge >= 0.3 is 5.97 Å². The fourth-order valence-corrected chi connectivity index (χ4v) is 3.52. The van der Waals surface area contributed by atoms with Gasteiger partial charge in [-0.3, -0.25) is 10.1 Å². The van der Waals surface area contributed by atoms with Crippen LogP contribution in [-0.4, -0.2) is 19.1 Å². The molecular formula is C14H21NO2S. The minimum absolute atomic E-state index is 0.160. The molecule has 100 valence electrons. The molecule has 1 aromatic rings. The van der Waals surface area contributed by atoms with Crippen molar-refractivity contribution in [2.45, 2.75) is 45.2 Å². The minimum Gasteiger partial charge on any atom is -0.468 e. The summed E-state index contributed by atoms with van der Waals surface area (Å²) >= 11 is 1.82. The molecule has 0 saturated carbocycles. The second-order valence-electron chi connectivity index (χ2n) is 5.16. The van der Waals surface area contributed by atoms with Crippen LogP contribution >= 0.6 is 11.3 Å². The van der Waals surface area contributed by atoms with Gasteiger partial charge in [-0.1, -0.05) is 13.8 Å². The highest BCUT2D eigenvalue weighted by Crippen LogP contribution is 2.33. The molecule has 1 heterocycles. The molecule has 1 aromatic heterocycles. The molecule has 4 heteroatoms. The first-order valence-electron chi connectivity index (χ1n) is 6.53. The molecule has 1 aliphatic carbocycles. The SMILES string of the molecule is COC(=O)C(NC1CCCc2sccc21)C(C)C. The highest BCUT2D eigenvalue weighted by Gasteiger charge is 2.29. The molecule has 0 aromatic carbocycles. The predicted molar refractivity (Wildman–Crippen MR) is 73.8 cm³/mol. The summed E-state index contributed by atoms with van der Waals surface area (Å²) in [4.78, 5) is 13.3. The Morgan fingerprint density at radius 3 is 3.00 bits per heavy atom. The maximum Gasteiger partial charge on any atom is 0.323 e. The molecule has 0 spiro atoms. The first-order chi connectivity index (χ1) is 8.63. The zero-order valence-electron chi connectivity index (χ0n) is 11.2. The van der Waals surface area contributed by atoms with E-state index in [1.807, 2.05) is 25.2 Å². The number of aryl methyl sites for hydroxylation is 1. The van der Waals surface area contributed by atoms with Crippen LogP contribution in [0.15, 0.2) is 11.4 Å². The summed E-state index contributed by atoms with van der Waals surface area (Å²) in [6, 6.07) is 2.27. The van der Waals surface area contributed by atoms with Gasteiger partial charge in [0.25, 0.3) is 0 Å². The summed E-state index contributed by atoms with van der Waals surface area (Å²) in [7, 11) is 1.45. The second kappa shape index (κ2) is 5.85. The molecule has 0 amide bonds. The molecule has 0 fully saturated rings. The van der Waals surface area contributed by atoms with E-state index in [1.54, 1.807) is 0 Å². The summed E-state index contributed by atoms with van der Waals surface area (Å²) in [5, 5.41) is 5.63. The van der Waals surface area contributed by atoms with Crippen LogP contribution in [-0.2, 0) is 16.0 Å². The van der Waals surface area contributed by atoms with Gasteiger partial charge in [0.15, 0.2) is 0 Å². The third kappa shape index (κ3) is 2.75. The van der Waals surface area contributed by atoms with Gasteiger partial charge in [0.2, 0.25) is 0 Å². The smallest absolute Gasteiger partial charge is 0.323 e. The quantitative estimate of drug-likeness (QED) is 0.852. The number of ether oxygens (including phenoxy) is 1. The first-order valence-corrected chi connectivity index (χ1v) is 7.41. The lowest BCUT2D eigenvalue weighted by Crippen LogP contribution is -2.44. The van der Waals surface area contributed by atoms with Gasteiger partial charge < -0.3 is 4.74 Å². The molecule has 2 unspecified atom stereocenters. The van der Waals surface area contributed by atoms with Crippen LogP contribution in [0.2, 0.25) is 0 Å². The van der Waals surface area contributed by atoms with E-state index in [4.69, 9.17) is 4.74 Å². The lowest BCUT2D eigenvalue weighted by Gasteiger charge is -2.29. The first kappa shape index (κ1) is 13.6. The monoisotopic (exact) mass is 267 g/mol. The minimum atomic E-state index is -0.217. The number of fused-ring (bicyclic) bond motifs is 1. The zero-order chi connectivity index (χ0) is 13.1. The van der Waals surface area contributed by atoms with Crippen molar-refractivity contribution in [3.8, 4) is 0 Å². The second-order valence-corrected chi connectivity index (χ2v) is 6.16. The van der Waals surface area contributed by atoms with Gasteiger partial charge in [-0.15, -0.1) is 11.3 Å². The molecule has 2 rings (SSSR count). The van der Waals surface area contributed by atoms with Crippen molar-refractivity contribution >= 4 is 17.3 Å². The molecule has 18 heavy (non-hydrogen) atoms. The number of methoxy groups -OCH3 is 1. The predicted octanol–water partition coefficient (Wildman–Crippen LogP) is 2.91. The van der Waals surface area contributed by atoms with Crippen LogP contribution < -0.4 is 5.32 Å². The van der Waals surface area contributed by atoms with Crippen molar-refractivity contribution in [1.29, 1.82) is 0 Å². The van der Waals surface area contributed by atoms with E-state index < -0.39 is 0 Å². The summed E-state index contributed by atoms with van der Waals surface area (Å²) in [5.41, 5.74) is 1.38. The molecule has 1 aliphatic rings. The Balaban J connectivity index is 2.12. The normalized spacial score (nSPS) is 20.6. The van der Waals surface area contributed by atoms with Gasteiger partial charge in [-0.2, -0.15) is 0 Å². The highest BCUT2D eigenvalue weighted by molar-refractivity contribution is 7.10. The third-order valence-electron chi connectivity index (χ3n) is 3.55. The van der Waals surface area contributed by atoms with Crippen LogP contribution in [0.5, 0.6) is 0 Å². The van der Waals surface area contributed by atoms with Crippen LogP contribution in [0.1, 0.15) is 43.2 Å². The number of nitrogens with one attached hydrogen (secondary N) is 1. The van der Waals surface area contributed by atoms with E-state index in [-0.39, 0.29) is 17.9 Å². The number of hydrogen-bond donors (Lipinski definition) is 1. The fourth-order valence-electron chi connectivity index (χ4n) is 2.54. The zero-order valence-corrected chi connectivity index (χ0v) is 12.0. The van der Waals surface area contributed by atoms with Crippen LogP contribution in [0, 0.1) is 5.92 Å². The lowest BCUT2D eigenvalue weighted by atomic mass is 9.92. The number of rotatable bonds is 4. The summed E-state index contributed by atoms with van der Waals surface area (Å²) in [5.74, 6) is 0.0776. The van der Waals surface area contributed by atoms with Crippen molar-refractivity contribution < 1.29 is 9.53 Å². The topological polar surface area (TPSA) is 38.3 Å². The Morgan fingerprint density at radius 2 is 2.33 bits per heavy atom. The molecule has 1 N–H and O–H groups in total. The summed E-state index contributed by atoms with van der Waals surface area (Å²) < 4.78 is 4.89.